The maximum absolute atomic E-state index is 12.4. The molecule has 0 aromatic heterocycles. The van der Waals surface area contributed by atoms with Crippen LogP contribution >= 0.6 is 23.5 Å². The molecule has 2 rings (SSSR count). The number of nitrogens with zero attached hydrogens (tertiary/aromatic N) is 1. The van der Waals surface area contributed by atoms with E-state index in [0.29, 0.717) is 16.8 Å². The van der Waals surface area contributed by atoms with Crippen LogP contribution in [0.4, 0.5) is 5.69 Å². The number of aryl methyl sites for hydroxylation is 1. The summed E-state index contributed by atoms with van der Waals surface area (Å²) >= 11 is 7.61. The van der Waals surface area contributed by atoms with Gasteiger partial charge < -0.3 is 15.0 Å². The van der Waals surface area contributed by atoms with Crippen molar-refractivity contribution < 1.29 is 9.53 Å². The molecule has 1 aliphatic heterocycles. The molecule has 2 N–H and O–H groups in total. The molecule has 1 aromatic carbocycles. The lowest BCUT2D eigenvalue weighted by molar-refractivity contribution is -0.130. The molecule has 0 bridgehead atoms. The molecular weight excluding hydrogens is 370 g/mol. The summed E-state index contributed by atoms with van der Waals surface area (Å²) in [5.41, 5.74) is 1.73. The Morgan fingerprint density at radius 1 is 1.42 bits per heavy atom. The molecule has 1 heterocycles. The van der Waals surface area contributed by atoms with E-state index in [1.54, 1.807) is 18.6 Å². The monoisotopic (exact) mass is 399 g/mol. The number of piperidine rings is 1. The normalized spacial score (nSPS) is 14.3. The Kier molecular flexibility index (Phi) is 10.5. The fourth-order valence-electron chi connectivity index (χ4n) is 2.64. The second-order valence-corrected chi connectivity index (χ2v) is 6.92. The van der Waals surface area contributed by atoms with E-state index in [1.807, 2.05) is 31.7 Å². The lowest BCUT2D eigenvalue weighted by atomic mass is 10.1. The first-order chi connectivity index (χ1) is 12.5. The Balaban J connectivity index is 0.00000163. The molecule has 0 unspecified atom stereocenters. The molecule has 1 fully saturated rings. The zero-order chi connectivity index (χ0) is 19.5. The predicted molar refractivity (Wildman–Crippen MR) is 113 cm³/mol. The zero-order valence-electron chi connectivity index (χ0n) is 16.1. The quantitative estimate of drug-likeness (QED) is 0.662. The van der Waals surface area contributed by atoms with E-state index in [2.05, 4.69) is 16.6 Å². The lowest BCUT2D eigenvalue weighted by Gasteiger charge is -2.32. The molecule has 7 heteroatoms. The summed E-state index contributed by atoms with van der Waals surface area (Å²) in [5.74, 6) is 0.738. The van der Waals surface area contributed by atoms with Gasteiger partial charge in [0.25, 0.3) is 0 Å². The van der Waals surface area contributed by atoms with E-state index >= 15 is 0 Å². The number of methoxy groups -OCH3 is 1. The van der Waals surface area contributed by atoms with Gasteiger partial charge in [-0.15, -0.1) is 0 Å². The molecule has 146 valence electrons. The number of hydrogen-bond donors (Lipinski definition) is 2. The Hall–Kier alpha value is -1.37. The number of hydrogen-bond acceptors (Lipinski definition) is 5. The number of halogens is 1. The number of carbonyl (C=O) groups is 1. The first-order valence-corrected chi connectivity index (χ1v) is 10.2. The molecule has 0 spiro atoms. The maximum Gasteiger partial charge on any atom is 0.241 e. The van der Waals surface area contributed by atoms with Crippen molar-refractivity contribution >= 4 is 35.1 Å². The highest BCUT2D eigenvalue weighted by Crippen LogP contribution is 2.30. The first kappa shape index (κ1) is 22.7. The van der Waals surface area contributed by atoms with Crippen LogP contribution in [0.15, 0.2) is 24.1 Å². The number of amides is 1. The minimum atomic E-state index is 0.0967. The second kappa shape index (κ2) is 12.1. The van der Waals surface area contributed by atoms with Crippen molar-refractivity contribution in [3.63, 3.8) is 0 Å². The summed E-state index contributed by atoms with van der Waals surface area (Å²) in [6.45, 7) is 11.4. The van der Waals surface area contributed by atoms with E-state index < -0.39 is 0 Å². The van der Waals surface area contributed by atoms with Crippen molar-refractivity contribution in [3.8, 4) is 5.75 Å². The highest BCUT2D eigenvalue weighted by Gasteiger charge is 2.22. The number of likely N-dealkylation sites (tertiary alicyclic amines) is 1. The fraction of sp³-hybridized carbons (Fsp3) is 0.526. The number of anilines is 1. The summed E-state index contributed by atoms with van der Waals surface area (Å²) in [7, 11) is 1.59. The third kappa shape index (κ3) is 6.74. The molecule has 1 aliphatic rings. The average molecular weight is 400 g/mol. The van der Waals surface area contributed by atoms with Gasteiger partial charge in [-0.25, -0.2) is 0 Å². The van der Waals surface area contributed by atoms with Crippen molar-refractivity contribution in [1.29, 1.82) is 0 Å². The van der Waals surface area contributed by atoms with Gasteiger partial charge in [-0.1, -0.05) is 44.0 Å². The molecule has 0 saturated carbocycles. The molecule has 0 radical (unpaired) electrons. The number of benzene rings is 1. The van der Waals surface area contributed by atoms with Gasteiger partial charge in [0.15, 0.2) is 0 Å². The zero-order valence-corrected chi connectivity index (χ0v) is 17.7. The van der Waals surface area contributed by atoms with Gasteiger partial charge in [0.2, 0.25) is 5.91 Å². The van der Waals surface area contributed by atoms with Crippen LogP contribution in [0.3, 0.4) is 0 Å². The highest BCUT2D eigenvalue weighted by atomic mass is 35.5. The van der Waals surface area contributed by atoms with Crippen molar-refractivity contribution in [1.82, 2.24) is 9.62 Å². The predicted octanol–water partition coefficient (Wildman–Crippen LogP) is 4.47. The van der Waals surface area contributed by atoms with E-state index in [0.717, 1.165) is 37.2 Å². The second-order valence-electron chi connectivity index (χ2n) is 5.71. The third-order valence-electron chi connectivity index (χ3n) is 4.08. The first-order valence-electron chi connectivity index (χ1n) is 8.93. The van der Waals surface area contributed by atoms with Crippen LogP contribution < -0.4 is 14.8 Å². The topological polar surface area (TPSA) is 53.6 Å². The SMILES string of the molecule is C=CSNC1CCN(C(=O)CNc2cc(C)c(Cl)cc2OC)CC1.CC. The molecular formula is C19H30ClN3O2S. The van der Waals surface area contributed by atoms with E-state index in [9.17, 15) is 4.79 Å². The van der Waals surface area contributed by atoms with E-state index in [4.69, 9.17) is 16.3 Å². The van der Waals surface area contributed by atoms with Gasteiger partial charge in [0, 0.05) is 30.2 Å². The van der Waals surface area contributed by atoms with Crippen LogP contribution in [0, 0.1) is 6.92 Å². The smallest absolute Gasteiger partial charge is 0.241 e. The molecule has 1 aromatic rings. The summed E-state index contributed by atoms with van der Waals surface area (Å²) in [5, 5.41) is 5.60. The number of ether oxygens (including phenoxy) is 1. The standard InChI is InChI=1S/C17H24ClN3O2S.C2H6/c1-4-24-20-13-5-7-21(8-6-13)17(22)11-19-15-9-12(2)14(18)10-16(15)23-3;1-2/h4,9-10,13,19-20H,1,5-8,11H2,2-3H3;1-2H3. The van der Waals surface area contributed by atoms with Crippen LogP contribution in [0.2, 0.25) is 5.02 Å². The van der Waals surface area contributed by atoms with Crippen LogP contribution in [-0.2, 0) is 4.79 Å². The van der Waals surface area contributed by atoms with Crippen LogP contribution in [-0.4, -0.2) is 43.6 Å². The van der Waals surface area contributed by atoms with Crippen molar-refractivity contribution in [2.45, 2.75) is 39.7 Å². The van der Waals surface area contributed by atoms with Crippen molar-refractivity contribution in [2.24, 2.45) is 0 Å². The fourth-order valence-corrected chi connectivity index (χ4v) is 3.32. The Morgan fingerprint density at radius 2 is 2.08 bits per heavy atom. The van der Waals surface area contributed by atoms with Gasteiger partial charge in [-0.2, -0.15) is 0 Å². The maximum atomic E-state index is 12.4. The Bertz CT molecular complexity index is 590. The van der Waals surface area contributed by atoms with E-state index in [1.165, 1.54) is 11.9 Å². The lowest BCUT2D eigenvalue weighted by Crippen LogP contribution is -2.45. The molecule has 5 nitrogen and oxygen atoms in total. The largest absolute Gasteiger partial charge is 0.495 e. The molecule has 1 saturated heterocycles. The third-order valence-corrected chi connectivity index (χ3v) is 5.12. The van der Waals surface area contributed by atoms with Crippen LogP contribution in [0.5, 0.6) is 5.75 Å². The van der Waals surface area contributed by atoms with Crippen LogP contribution in [0.1, 0.15) is 32.3 Å². The van der Waals surface area contributed by atoms with Gasteiger partial charge in [0.05, 0.1) is 19.3 Å². The highest BCUT2D eigenvalue weighted by molar-refractivity contribution is 8.00. The van der Waals surface area contributed by atoms with Gasteiger partial charge >= 0.3 is 0 Å². The molecule has 26 heavy (non-hydrogen) atoms. The summed E-state index contributed by atoms with van der Waals surface area (Å²) in [6.07, 6.45) is 1.91. The Morgan fingerprint density at radius 3 is 2.65 bits per heavy atom. The van der Waals surface area contributed by atoms with Crippen LogP contribution in [0.25, 0.3) is 0 Å². The van der Waals surface area contributed by atoms with Gasteiger partial charge in [-0.3, -0.25) is 9.52 Å². The van der Waals surface area contributed by atoms with Gasteiger partial charge in [0.1, 0.15) is 5.75 Å². The minimum Gasteiger partial charge on any atom is -0.495 e. The van der Waals surface area contributed by atoms with Gasteiger partial charge in [-0.05, 0) is 36.8 Å². The summed E-state index contributed by atoms with van der Waals surface area (Å²) in [4.78, 5) is 14.3. The van der Waals surface area contributed by atoms with Crippen molar-refractivity contribution in [2.75, 3.05) is 32.1 Å². The average Bonchev–Trinajstić information content (AvgIpc) is 2.68. The number of carbonyl (C=O) groups excluding carboxylic acids is 1. The molecule has 0 aliphatic carbocycles. The minimum absolute atomic E-state index is 0.0967. The summed E-state index contributed by atoms with van der Waals surface area (Å²) < 4.78 is 8.65. The van der Waals surface area contributed by atoms with E-state index in [-0.39, 0.29) is 12.5 Å². The van der Waals surface area contributed by atoms with Crippen molar-refractivity contribution in [3.05, 3.63) is 34.7 Å². The molecule has 1 amide bonds. The number of rotatable bonds is 7. The Labute approximate surface area is 166 Å². The number of nitrogens with one attached hydrogen (secondary N) is 2. The summed E-state index contributed by atoms with van der Waals surface area (Å²) in [6, 6.07) is 4.10. The molecule has 0 atom stereocenters.